The van der Waals surface area contributed by atoms with E-state index in [1.807, 2.05) is 0 Å². The Bertz CT molecular complexity index is 132. The minimum absolute atomic E-state index is 0.915. The molecule has 2 nitrogen and oxygen atoms in total. The van der Waals surface area contributed by atoms with Crippen LogP contribution >= 0.6 is 0 Å². The lowest BCUT2D eigenvalue weighted by molar-refractivity contribution is 0.158. The van der Waals surface area contributed by atoms with Crippen LogP contribution in [-0.4, -0.2) is 49.6 Å². The molecular weight excluding hydrogens is 160 g/mol. The zero-order chi connectivity index (χ0) is 9.68. The molecule has 1 unspecified atom stereocenters. The smallest absolute Gasteiger partial charge is 0.00217 e. The van der Waals surface area contributed by atoms with Gasteiger partial charge in [0, 0.05) is 13.1 Å². The van der Waals surface area contributed by atoms with Crippen molar-refractivity contribution in [3.05, 3.63) is 0 Å². The van der Waals surface area contributed by atoms with Crippen LogP contribution in [0.15, 0.2) is 0 Å². The molecule has 0 bridgehead atoms. The van der Waals surface area contributed by atoms with E-state index in [-0.39, 0.29) is 0 Å². The minimum Gasteiger partial charge on any atom is -0.306 e. The second-order valence-corrected chi connectivity index (χ2v) is 4.26. The number of nitrogens with zero attached hydrogens (tertiary/aromatic N) is 2. The van der Waals surface area contributed by atoms with Gasteiger partial charge in [-0.05, 0) is 45.4 Å². The Balaban J connectivity index is 2.26. The average molecular weight is 184 g/mol. The van der Waals surface area contributed by atoms with E-state index in [1.165, 1.54) is 45.6 Å². The van der Waals surface area contributed by atoms with Gasteiger partial charge in [0.15, 0.2) is 0 Å². The van der Waals surface area contributed by atoms with Gasteiger partial charge in [0.2, 0.25) is 0 Å². The van der Waals surface area contributed by atoms with Crippen molar-refractivity contribution < 1.29 is 0 Å². The molecule has 0 saturated carbocycles. The molecule has 0 aliphatic carbocycles. The quantitative estimate of drug-likeness (QED) is 0.656. The summed E-state index contributed by atoms with van der Waals surface area (Å²) in [4.78, 5) is 5.02. The monoisotopic (exact) mass is 184 g/mol. The fraction of sp³-hybridized carbons (Fsp3) is 1.00. The molecule has 1 heterocycles. The van der Waals surface area contributed by atoms with E-state index in [0.29, 0.717) is 0 Å². The van der Waals surface area contributed by atoms with Crippen LogP contribution < -0.4 is 0 Å². The number of piperidine rings is 1. The number of rotatable bonds is 4. The first-order valence-corrected chi connectivity index (χ1v) is 5.67. The molecule has 13 heavy (non-hydrogen) atoms. The van der Waals surface area contributed by atoms with Gasteiger partial charge in [0.1, 0.15) is 0 Å². The zero-order valence-electron chi connectivity index (χ0n) is 9.42. The third kappa shape index (κ3) is 3.65. The molecule has 1 rings (SSSR count). The number of hydrogen-bond acceptors (Lipinski definition) is 2. The summed E-state index contributed by atoms with van der Waals surface area (Å²) < 4.78 is 0. The molecule has 1 aliphatic rings. The van der Waals surface area contributed by atoms with Crippen molar-refractivity contribution in [1.82, 2.24) is 9.80 Å². The molecular formula is C11H24N2. The lowest BCUT2D eigenvalue weighted by Crippen LogP contribution is -2.39. The van der Waals surface area contributed by atoms with Crippen LogP contribution in [0.5, 0.6) is 0 Å². The third-order valence-electron chi connectivity index (χ3n) is 3.13. The Kier molecular flexibility index (Phi) is 4.74. The molecule has 1 saturated heterocycles. The summed E-state index contributed by atoms with van der Waals surface area (Å²) in [6, 6.07) is 0. The molecule has 1 aliphatic heterocycles. The molecule has 1 atom stereocenters. The van der Waals surface area contributed by atoms with Gasteiger partial charge in [-0.3, -0.25) is 0 Å². The fourth-order valence-corrected chi connectivity index (χ4v) is 2.27. The Morgan fingerprint density at radius 3 is 2.54 bits per heavy atom. The molecule has 2 heteroatoms. The van der Waals surface area contributed by atoms with Gasteiger partial charge in [-0.15, -0.1) is 0 Å². The summed E-state index contributed by atoms with van der Waals surface area (Å²) in [6.45, 7) is 10.8. The van der Waals surface area contributed by atoms with Gasteiger partial charge in [-0.1, -0.05) is 13.8 Å². The van der Waals surface area contributed by atoms with E-state index >= 15 is 0 Å². The standard InChI is InChI=1S/C11H24N2/c1-4-13(5-2)10-11-7-6-8-12(3)9-11/h11H,4-10H2,1-3H3. The van der Waals surface area contributed by atoms with Crippen LogP contribution in [0.2, 0.25) is 0 Å². The van der Waals surface area contributed by atoms with Crippen molar-refractivity contribution in [3.63, 3.8) is 0 Å². The van der Waals surface area contributed by atoms with Gasteiger partial charge >= 0.3 is 0 Å². The molecule has 0 amide bonds. The van der Waals surface area contributed by atoms with E-state index in [0.717, 1.165) is 5.92 Å². The molecule has 0 aromatic heterocycles. The third-order valence-corrected chi connectivity index (χ3v) is 3.13. The van der Waals surface area contributed by atoms with E-state index in [9.17, 15) is 0 Å². The van der Waals surface area contributed by atoms with Crippen LogP contribution in [0, 0.1) is 5.92 Å². The Labute approximate surface area is 82.9 Å². The highest BCUT2D eigenvalue weighted by molar-refractivity contribution is 4.73. The molecule has 0 aromatic carbocycles. The van der Waals surface area contributed by atoms with E-state index in [4.69, 9.17) is 0 Å². The van der Waals surface area contributed by atoms with Crippen molar-refractivity contribution in [2.24, 2.45) is 5.92 Å². The summed E-state index contributed by atoms with van der Waals surface area (Å²) in [5.74, 6) is 0.915. The second kappa shape index (κ2) is 5.61. The maximum absolute atomic E-state index is 2.55. The SMILES string of the molecule is CCN(CC)CC1CCCN(C)C1. The summed E-state index contributed by atoms with van der Waals surface area (Å²) in [7, 11) is 2.24. The minimum atomic E-state index is 0.915. The van der Waals surface area contributed by atoms with Crippen molar-refractivity contribution in [2.75, 3.05) is 39.8 Å². The van der Waals surface area contributed by atoms with Crippen LogP contribution in [0.1, 0.15) is 26.7 Å². The van der Waals surface area contributed by atoms with Gasteiger partial charge in [0.25, 0.3) is 0 Å². The van der Waals surface area contributed by atoms with Crippen LogP contribution in [0.3, 0.4) is 0 Å². The van der Waals surface area contributed by atoms with E-state index in [2.05, 4.69) is 30.7 Å². The maximum atomic E-state index is 2.55. The van der Waals surface area contributed by atoms with Gasteiger partial charge < -0.3 is 9.80 Å². The van der Waals surface area contributed by atoms with Gasteiger partial charge in [-0.2, -0.15) is 0 Å². The average Bonchev–Trinajstić information content (AvgIpc) is 2.14. The molecule has 0 spiro atoms. The molecule has 78 valence electrons. The second-order valence-electron chi connectivity index (χ2n) is 4.26. The first-order valence-electron chi connectivity index (χ1n) is 5.67. The highest BCUT2D eigenvalue weighted by atomic mass is 15.1. The summed E-state index contributed by atoms with van der Waals surface area (Å²) in [5, 5.41) is 0. The highest BCUT2D eigenvalue weighted by Crippen LogP contribution is 2.15. The largest absolute Gasteiger partial charge is 0.306 e. The van der Waals surface area contributed by atoms with Crippen LogP contribution in [0.4, 0.5) is 0 Å². The number of hydrogen-bond donors (Lipinski definition) is 0. The predicted molar refractivity (Wildman–Crippen MR) is 58.0 cm³/mol. The Morgan fingerprint density at radius 1 is 1.31 bits per heavy atom. The Morgan fingerprint density at radius 2 is 2.00 bits per heavy atom. The number of likely N-dealkylation sites (tertiary alicyclic amines) is 1. The fourth-order valence-electron chi connectivity index (χ4n) is 2.27. The van der Waals surface area contributed by atoms with E-state index < -0.39 is 0 Å². The summed E-state index contributed by atoms with van der Waals surface area (Å²) in [5.41, 5.74) is 0. The predicted octanol–water partition coefficient (Wildman–Crippen LogP) is 1.67. The molecule has 1 fully saturated rings. The maximum Gasteiger partial charge on any atom is 0.00217 e. The molecule has 0 radical (unpaired) electrons. The van der Waals surface area contributed by atoms with Crippen molar-refractivity contribution in [3.8, 4) is 0 Å². The van der Waals surface area contributed by atoms with Gasteiger partial charge in [-0.25, -0.2) is 0 Å². The van der Waals surface area contributed by atoms with Crippen LogP contribution in [-0.2, 0) is 0 Å². The Hall–Kier alpha value is -0.0800. The lowest BCUT2D eigenvalue weighted by atomic mass is 9.98. The van der Waals surface area contributed by atoms with Crippen LogP contribution in [0.25, 0.3) is 0 Å². The van der Waals surface area contributed by atoms with Gasteiger partial charge in [0.05, 0.1) is 0 Å². The normalized spacial score (nSPS) is 25.4. The molecule has 0 aromatic rings. The molecule has 0 N–H and O–H groups in total. The zero-order valence-corrected chi connectivity index (χ0v) is 9.42. The lowest BCUT2D eigenvalue weighted by Gasteiger charge is -2.33. The topological polar surface area (TPSA) is 6.48 Å². The van der Waals surface area contributed by atoms with Crippen molar-refractivity contribution in [2.45, 2.75) is 26.7 Å². The first kappa shape index (κ1) is 11.0. The summed E-state index contributed by atoms with van der Waals surface area (Å²) >= 11 is 0. The van der Waals surface area contributed by atoms with E-state index in [1.54, 1.807) is 0 Å². The van der Waals surface area contributed by atoms with Crippen molar-refractivity contribution >= 4 is 0 Å². The highest BCUT2D eigenvalue weighted by Gasteiger charge is 2.18. The van der Waals surface area contributed by atoms with Crippen molar-refractivity contribution in [1.29, 1.82) is 0 Å². The first-order chi connectivity index (χ1) is 6.26. The summed E-state index contributed by atoms with van der Waals surface area (Å²) in [6.07, 6.45) is 2.82.